The van der Waals surface area contributed by atoms with Gasteiger partial charge in [-0.05, 0) is 42.6 Å². The SMILES string of the molecule is CCN(C(=O)Nc1ccc(F)c(Cl)c1)[C@H]1COCc2[nH]c(=O)c3cc(C#N)ccc3c21. The highest BCUT2D eigenvalue weighted by Crippen LogP contribution is 2.34. The lowest BCUT2D eigenvalue weighted by Crippen LogP contribution is -2.42. The minimum atomic E-state index is -0.575. The van der Waals surface area contributed by atoms with Crippen molar-refractivity contribution >= 4 is 34.1 Å². The first kappa shape index (κ1) is 20.8. The fourth-order valence-electron chi connectivity index (χ4n) is 3.84. The molecule has 3 aromatic rings. The molecular formula is C22H18ClFN4O3. The largest absolute Gasteiger partial charge is 0.373 e. The van der Waals surface area contributed by atoms with Gasteiger partial charge in [-0.25, -0.2) is 9.18 Å². The number of ether oxygens (including phenoxy) is 1. The molecule has 31 heavy (non-hydrogen) atoms. The van der Waals surface area contributed by atoms with E-state index >= 15 is 0 Å². The number of nitriles is 1. The second-order valence-electron chi connectivity index (χ2n) is 7.09. The number of urea groups is 1. The zero-order chi connectivity index (χ0) is 22.1. The Morgan fingerprint density at radius 2 is 2.16 bits per heavy atom. The normalized spacial score (nSPS) is 15.2. The van der Waals surface area contributed by atoms with Gasteiger partial charge in [0.15, 0.2) is 0 Å². The van der Waals surface area contributed by atoms with E-state index < -0.39 is 17.9 Å². The minimum absolute atomic E-state index is 0.0935. The summed E-state index contributed by atoms with van der Waals surface area (Å²) in [5.41, 5.74) is 1.79. The van der Waals surface area contributed by atoms with Crippen LogP contribution in [0.5, 0.6) is 0 Å². The van der Waals surface area contributed by atoms with Crippen LogP contribution in [-0.4, -0.2) is 29.1 Å². The van der Waals surface area contributed by atoms with E-state index in [1.165, 1.54) is 24.3 Å². The molecule has 1 aliphatic heterocycles. The number of pyridine rings is 1. The van der Waals surface area contributed by atoms with Gasteiger partial charge in [0, 0.05) is 28.9 Å². The zero-order valence-electron chi connectivity index (χ0n) is 16.5. The molecule has 0 bridgehead atoms. The molecule has 0 radical (unpaired) electrons. The van der Waals surface area contributed by atoms with Crippen molar-refractivity contribution in [1.82, 2.24) is 9.88 Å². The smallest absolute Gasteiger partial charge is 0.322 e. The average molecular weight is 441 g/mol. The molecule has 0 saturated heterocycles. The summed E-state index contributed by atoms with van der Waals surface area (Å²) in [6.07, 6.45) is 0. The monoisotopic (exact) mass is 440 g/mol. The molecule has 2 aromatic carbocycles. The van der Waals surface area contributed by atoms with Crippen LogP contribution in [-0.2, 0) is 11.3 Å². The number of amides is 2. The molecule has 2 N–H and O–H groups in total. The summed E-state index contributed by atoms with van der Waals surface area (Å²) in [7, 11) is 0. The van der Waals surface area contributed by atoms with Crippen molar-refractivity contribution in [3.8, 4) is 6.07 Å². The molecule has 2 heterocycles. The number of likely N-dealkylation sites (N-methyl/N-ethyl adjacent to an activating group) is 1. The number of rotatable bonds is 3. The van der Waals surface area contributed by atoms with E-state index in [1.54, 1.807) is 17.0 Å². The third-order valence-corrected chi connectivity index (χ3v) is 5.57. The van der Waals surface area contributed by atoms with E-state index in [2.05, 4.69) is 10.3 Å². The second-order valence-corrected chi connectivity index (χ2v) is 7.50. The predicted molar refractivity (Wildman–Crippen MR) is 114 cm³/mol. The van der Waals surface area contributed by atoms with Crippen molar-refractivity contribution in [3.63, 3.8) is 0 Å². The molecule has 0 saturated carbocycles. The molecule has 0 fully saturated rings. The first-order chi connectivity index (χ1) is 14.9. The Bertz CT molecular complexity index is 1280. The fraction of sp³-hybridized carbons (Fsp3) is 0.227. The fourth-order valence-corrected chi connectivity index (χ4v) is 4.02. The molecular weight excluding hydrogens is 423 g/mol. The van der Waals surface area contributed by atoms with Crippen LogP contribution in [0.3, 0.4) is 0 Å². The zero-order valence-corrected chi connectivity index (χ0v) is 17.3. The lowest BCUT2D eigenvalue weighted by atomic mass is 9.94. The van der Waals surface area contributed by atoms with Crippen molar-refractivity contribution < 1.29 is 13.9 Å². The Labute approximate surface area is 182 Å². The van der Waals surface area contributed by atoms with Gasteiger partial charge in [-0.15, -0.1) is 0 Å². The van der Waals surface area contributed by atoms with Crippen LogP contribution >= 0.6 is 11.6 Å². The molecule has 1 aromatic heterocycles. The molecule has 7 nitrogen and oxygen atoms in total. The molecule has 0 aliphatic carbocycles. The summed E-state index contributed by atoms with van der Waals surface area (Å²) in [5, 5.41) is 12.9. The van der Waals surface area contributed by atoms with E-state index in [0.717, 1.165) is 5.56 Å². The van der Waals surface area contributed by atoms with Crippen molar-refractivity contribution in [2.24, 2.45) is 0 Å². The van der Waals surface area contributed by atoms with Gasteiger partial charge in [-0.3, -0.25) is 4.79 Å². The number of aromatic nitrogens is 1. The molecule has 0 unspecified atom stereocenters. The van der Waals surface area contributed by atoms with E-state index in [4.69, 9.17) is 16.3 Å². The highest BCUT2D eigenvalue weighted by molar-refractivity contribution is 6.31. The van der Waals surface area contributed by atoms with E-state index in [1.807, 2.05) is 13.0 Å². The summed E-state index contributed by atoms with van der Waals surface area (Å²) in [4.78, 5) is 30.0. The number of nitrogens with one attached hydrogen (secondary N) is 2. The Balaban J connectivity index is 1.75. The maximum Gasteiger partial charge on any atom is 0.322 e. The van der Waals surface area contributed by atoms with Crippen LogP contribution in [0.25, 0.3) is 10.8 Å². The molecule has 9 heteroatoms. The van der Waals surface area contributed by atoms with Gasteiger partial charge in [0.2, 0.25) is 0 Å². The van der Waals surface area contributed by atoms with Crippen LogP contribution in [0.4, 0.5) is 14.9 Å². The lowest BCUT2D eigenvalue weighted by molar-refractivity contribution is 0.0471. The number of halogens is 2. The molecule has 0 spiro atoms. The first-order valence-electron chi connectivity index (χ1n) is 9.62. The maximum absolute atomic E-state index is 13.4. The van der Waals surface area contributed by atoms with Gasteiger partial charge in [0.05, 0.1) is 35.9 Å². The Morgan fingerprint density at radius 3 is 2.87 bits per heavy atom. The Morgan fingerprint density at radius 1 is 1.35 bits per heavy atom. The quantitative estimate of drug-likeness (QED) is 0.633. The summed E-state index contributed by atoms with van der Waals surface area (Å²) in [5.74, 6) is -0.575. The molecule has 2 amide bonds. The number of anilines is 1. The van der Waals surface area contributed by atoms with Crippen LogP contribution in [0.15, 0.2) is 41.2 Å². The third-order valence-electron chi connectivity index (χ3n) is 5.28. The molecule has 1 atom stereocenters. The van der Waals surface area contributed by atoms with Crippen molar-refractivity contribution in [2.75, 3.05) is 18.5 Å². The average Bonchev–Trinajstić information content (AvgIpc) is 2.76. The van der Waals surface area contributed by atoms with E-state index in [0.29, 0.717) is 34.3 Å². The van der Waals surface area contributed by atoms with E-state index in [-0.39, 0.29) is 23.8 Å². The number of hydrogen-bond donors (Lipinski definition) is 2. The number of nitrogens with zero attached hydrogens (tertiary/aromatic N) is 2. The minimum Gasteiger partial charge on any atom is -0.373 e. The third kappa shape index (κ3) is 3.85. The maximum atomic E-state index is 13.4. The second kappa shape index (κ2) is 8.38. The van der Waals surface area contributed by atoms with Crippen molar-refractivity contribution in [1.29, 1.82) is 5.26 Å². The lowest BCUT2D eigenvalue weighted by Gasteiger charge is -2.35. The molecule has 1 aliphatic rings. The molecule has 4 rings (SSSR count). The topological polar surface area (TPSA) is 98.2 Å². The number of carbonyl (C=O) groups is 1. The number of fused-ring (bicyclic) bond motifs is 3. The van der Waals surface area contributed by atoms with Gasteiger partial charge >= 0.3 is 6.03 Å². The van der Waals surface area contributed by atoms with Gasteiger partial charge in [-0.2, -0.15) is 5.26 Å². The number of carbonyl (C=O) groups excluding carboxylic acids is 1. The van der Waals surface area contributed by atoms with Crippen LogP contribution in [0, 0.1) is 17.1 Å². The highest BCUT2D eigenvalue weighted by atomic mass is 35.5. The Kier molecular flexibility index (Phi) is 5.63. The van der Waals surface area contributed by atoms with Gasteiger partial charge < -0.3 is 19.9 Å². The van der Waals surface area contributed by atoms with Gasteiger partial charge in [-0.1, -0.05) is 17.7 Å². The van der Waals surface area contributed by atoms with Gasteiger partial charge in [0.25, 0.3) is 5.56 Å². The first-order valence-corrected chi connectivity index (χ1v) is 10.00. The van der Waals surface area contributed by atoms with E-state index in [9.17, 15) is 19.2 Å². The highest BCUT2D eigenvalue weighted by Gasteiger charge is 2.32. The number of benzene rings is 2. The van der Waals surface area contributed by atoms with Crippen LogP contribution in [0.1, 0.15) is 29.8 Å². The van der Waals surface area contributed by atoms with Gasteiger partial charge in [0.1, 0.15) is 5.82 Å². The summed E-state index contributed by atoms with van der Waals surface area (Å²) in [6, 6.07) is 10.00. The van der Waals surface area contributed by atoms with Crippen LogP contribution in [0.2, 0.25) is 5.02 Å². The van der Waals surface area contributed by atoms with Crippen molar-refractivity contribution in [3.05, 3.63) is 74.4 Å². The predicted octanol–water partition coefficient (Wildman–Crippen LogP) is 4.32. The number of H-pyrrole nitrogens is 1. The summed E-state index contributed by atoms with van der Waals surface area (Å²) >= 11 is 5.81. The van der Waals surface area contributed by atoms with Crippen molar-refractivity contribution in [2.45, 2.75) is 19.6 Å². The number of aromatic amines is 1. The number of hydrogen-bond acceptors (Lipinski definition) is 4. The molecule has 158 valence electrons. The summed E-state index contributed by atoms with van der Waals surface area (Å²) in [6.45, 7) is 2.63. The summed E-state index contributed by atoms with van der Waals surface area (Å²) < 4.78 is 19.1. The van der Waals surface area contributed by atoms with Crippen LogP contribution < -0.4 is 10.9 Å². The standard InChI is InChI=1S/C22H18ClFN4O3/c1-2-28(22(30)26-13-4-6-17(24)16(23)8-13)19-11-31-10-18-20(19)14-5-3-12(9-25)7-15(14)21(29)27-18/h3-8,19H,2,10-11H2,1H3,(H,26,30)(H,27,29)/t19-/m0/s1. The Hall–Kier alpha value is -3.41.